The van der Waals surface area contributed by atoms with Gasteiger partial charge >= 0.3 is 5.97 Å². The lowest BCUT2D eigenvalue weighted by molar-refractivity contribution is -0.140. The van der Waals surface area contributed by atoms with Crippen LogP contribution in [-0.4, -0.2) is 12.3 Å². The van der Waals surface area contributed by atoms with E-state index in [0.29, 0.717) is 6.29 Å². The first-order chi connectivity index (χ1) is 3.84. The molecule has 0 radical (unpaired) electrons. The first-order valence-electron chi connectivity index (χ1n) is 2.17. The van der Waals surface area contributed by atoms with Crippen molar-refractivity contribution in [1.82, 2.24) is 0 Å². The van der Waals surface area contributed by atoms with E-state index >= 15 is 0 Å². The molecule has 0 fully saturated rings. The average Bonchev–Trinajstić information content (AvgIpc) is 2.14. The van der Waals surface area contributed by atoms with Crippen molar-refractivity contribution in [2.75, 3.05) is 0 Å². The summed E-state index contributed by atoms with van der Waals surface area (Å²) in [5.41, 5.74) is 0. The minimum atomic E-state index is -0.657. The third kappa shape index (κ3) is 0.621. The number of carbonyl (C=O) groups excluding carboxylic acids is 2. The number of carbonyl (C=O) groups is 2. The van der Waals surface area contributed by atoms with E-state index in [1.54, 1.807) is 0 Å². The summed E-state index contributed by atoms with van der Waals surface area (Å²) in [6.45, 7) is 0. The summed E-state index contributed by atoms with van der Waals surface area (Å²) in [7, 11) is 0. The maximum Gasteiger partial charge on any atom is 0.325 e. The molecule has 1 unspecified atom stereocenters. The number of ether oxygens (including phenoxy) is 1. The van der Waals surface area contributed by atoms with Crippen LogP contribution in [0, 0.1) is 5.92 Å². The molecule has 1 aliphatic rings. The standard InChI is InChI=1S/C5H4O3/c6-3-4-1-2-8-5(4)7/h1-4H. The van der Waals surface area contributed by atoms with Gasteiger partial charge in [-0.1, -0.05) is 0 Å². The molecule has 0 saturated heterocycles. The molecule has 1 atom stereocenters. The number of hydrogen-bond donors (Lipinski definition) is 0. The molecule has 0 spiro atoms. The highest BCUT2D eigenvalue weighted by Gasteiger charge is 2.19. The van der Waals surface area contributed by atoms with Crippen LogP contribution in [0.5, 0.6) is 0 Å². The van der Waals surface area contributed by atoms with Gasteiger partial charge in [0.25, 0.3) is 0 Å². The molecule has 0 aromatic heterocycles. The molecule has 0 amide bonds. The highest BCUT2D eigenvalue weighted by molar-refractivity contribution is 5.91. The molecule has 0 bridgehead atoms. The van der Waals surface area contributed by atoms with E-state index in [1.807, 2.05) is 0 Å². The van der Waals surface area contributed by atoms with Crippen LogP contribution >= 0.6 is 0 Å². The van der Waals surface area contributed by atoms with Crippen molar-refractivity contribution in [2.24, 2.45) is 5.92 Å². The third-order valence-electron chi connectivity index (χ3n) is 0.889. The van der Waals surface area contributed by atoms with Crippen LogP contribution in [0.4, 0.5) is 0 Å². The van der Waals surface area contributed by atoms with Crippen molar-refractivity contribution in [2.45, 2.75) is 0 Å². The average molecular weight is 112 g/mol. The van der Waals surface area contributed by atoms with E-state index in [0.717, 1.165) is 0 Å². The summed E-state index contributed by atoms with van der Waals surface area (Å²) < 4.78 is 4.31. The zero-order valence-corrected chi connectivity index (χ0v) is 4.03. The molecule has 1 rings (SSSR count). The fraction of sp³-hybridized carbons (Fsp3) is 0.200. The number of rotatable bonds is 1. The molecule has 1 aliphatic heterocycles. The Hall–Kier alpha value is -1.12. The topological polar surface area (TPSA) is 43.4 Å². The van der Waals surface area contributed by atoms with Gasteiger partial charge in [-0.05, 0) is 6.08 Å². The smallest absolute Gasteiger partial charge is 0.325 e. The maximum atomic E-state index is 10.3. The molecule has 3 heteroatoms. The van der Waals surface area contributed by atoms with Crippen LogP contribution in [0.2, 0.25) is 0 Å². The number of hydrogen-bond acceptors (Lipinski definition) is 3. The second-order valence-electron chi connectivity index (χ2n) is 1.43. The Bertz CT molecular complexity index is 148. The second kappa shape index (κ2) is 1.78. The zero-order valence-electron chi connectivity index (χ0n) is 4.03. The molecule has 3 nitrogen and oxygen atoms in total. The lowest BCUT2D eigenvalue weighted by Gasteiger charge is -1.88. The molecule has 8 heavy (non-hydrogen) atoms. The van der Waals surface area contributed by atoms with Gasteiger partial charge in [-0.25, -0.2) is 0 Å². The maximum absolute atomic E-state index is 10.3. The summed E-state index contributed by atoms with van der Waals surface area (Å²) in [6, 6.07) is 0. The summed E-state index contributed by atoms with van der Waals surface area (Å²) in [6.07, 6.45) is 3.18. The molecule has 0 aliphatic carbocycles. The number of esters is 1. The number of aldehydes is 1. The lowest BCUT2D eigenvalue weighted by Crippen LogP contribution is -2.08. The van der Waals surface area contributed by atoms with Gasteiger partial charge in [0.1, 0.15) is 12.2 Å². The van der Waals surface area contributed by atoms with E-state index in [2.05, 4.69) is 4.74 Å². The Balaban J connectivity index is 2.66. The first-order valence-corrected chi connectivity index (χ1v) is 2.17. The fourth-order valence-electron chi connectivity index (χ4n) is 0.449. The van der Waals surface area contributed by atoms with Gasteiger partial charge in [0, 0.05) is 0 Å². The van der Waals surface area contributed by atoms with Crippen LogP contribution in [0.1, 0.15) is 0 Å². The van der Waals surface area contributed by atoms with Crippen LogP contribution < -0.4 is 0 Å². The molecule has 0 saturated carbocycles. The molecule has 0 aromatic rings. The van der Waals surface area contributed by atoms with Crippen molar-refractivity contribution in [3.63, 3.8) is 0 Å². The molecule has 42 valence electrons. The van der Waals surface area contributed by atoms with Gasteiger partial charge in [0.2, 0.25) is 0 Å². The SMILES string of the molecule is O=CC1C=COC1=O. The van der Waals surface area contributed by atoms with Crippen LogP contribution in [0.25, 0.3) is 0 Å². The Morgan fingerprint density at radius 2 is 2.50 bits per heavy atom. The minimum absolute atomic E-state index is 0.486. The van der Waals surface area contributed by atoms with Gasteiger partial charge < -0.3 is 9.53 Å². The monoisotopic (exact) mass is 112 g/mol. The highest BCUT2D eigenvalue weighted by atomic mass is 16.5. The molecular formula is C5H4O3. The molecule has 0 N–H and O–H groups in total. The van der Waals surface area contributed by atoms with Gasteiger partial charge in [0.05, 0.1) is 6.26 Å². The third-order valence-corrected chi connectivity index (χ3v) is 0.889. The van der Waals surface area contributed by atoms with E-state index in [-0.39, 0.29) is 0 Å². The predicted molar refractivity (Wildman–Crippen MR) is 24.8 cm³/mol. The second-order valence-corrected chi connectivity index (χ2v) is 1.43. The van der Waals surface area contributed by atoms with Crippen molar-refractivity contribution in [3.05, 3.63) is 12.3 Å². The van der Waals surface area contributed by atoms with Gasteiger partial charge in [0.15, 0.2) is 0 Å². The molecule has 0 aromatic carbocycles. The van der Waals surface area contributed by atoms with Crippen molar-refractivity contribution >= 4 is 12.3 Å². The zero-order chi connectivity index (χ0) is 5.98. The van der Waals surface area contributed by atoms with Crippen molar-refractivity contribution in [1.29, 1.82) is 0 Å². The van der Waals surface area contributed by atoms with Crippen LogP contribution in [-0.2, 0) is 14.3 Å². The summed E-state index contributed by atoms with van der Waals surface area (Å²) >= 11 is 0. The van der Waals surface area contributed by atoms with E-state index in [1.165, 1.54) is 12.3 Å². The summed E-state index contributed by atoms with van der Waals surface area (Å²) in [5, 5.41) is 0. The van der Waals surface area contributed by atoms with E-state index in [9.17, 15) is 9.59 Å². The quantitative estimate of drug-likeness (QED) is 0.269. The molecule has 1 heterocycles. The Morgan fingerprint density at radius 1 is 1.75 bits per heavy atom. The van der Waals surface area contributed by atoms with Crippen LogP contribution in [0.3, 0.4) is 0 Å². The predicted octanol–water partition coefficient (Wildman–Crippen LogP) is -0.128. The van der Waals surface area contributed by atoms with Crippen LogP contribution in [0.15, 0.2) is 12.3 Å². The summed E-state index contributed by atoms with van der Waals surface area (Å²) in [5.74, 6) is -1.14. The van der Waals surface area contributed by atoms with Crippen molar-refractivity contribution < 1.29 is 14.3 Å². The van der Waals surface area contributed by atoms with Gasteiger partial charge in [-0.3, -0.25) is 4.79 Å². The van der Waals surface area contributed by atoms with Gasteiger partial charge in [-0.2, -0.15) is 0 Å². The number of cyclic esters (lactones) is 1. The molecular weight excluding hydrogens is 108 g/mol. The van der Waals surface area contributed by atoms with Crippen molar-refractivity contribution in [3.8, 4) is 0 Å². The first kappa shape index (κ1) is 5.03. The Labute approximate surface area is 45.9 Å². The van der Waals surface area contributed by atoms with E-state index in [4.69, 9.17) is 0 Å². The summed E-state index contributed by atoms with van der Waals surface area (Å²) in [4.78, 5) is 20.2. The fourth-order valence-corrected chi connectivity index (χ4v) is 0.449. The lowest BCUT2D eigenvalue weighted by atomic mass is 10.2. The van der Waals surface area contributed by atoms with Gasteiger partial charge in [-0.15, -0.1) is 0 Å². The largest absolute Gasteiger partial charge is 0.434 e. The Kier molecular flexibility index (Phi) is 1.12. The minimum Gasteiger partial charge on any atom is -0.434 e. The Morgan fingerprint density at radius 3 is 2.75 bits per heavy atom. The highest BCUT2D eigenvalue weighted by Crippen LogP contribution is 2.05. The normalized spacial score (nSPS) is 25.5. The van der Waals surface area contributed by atoms with E-state index < -0.39 is 11.9 Å².